The van der Waals surface area contributed by atoms with Gasteiger partial charge in [0.25, 0.3) is 5.56 Å². The van der Waals surface area contributed by atoms with Gasteiger partial charge in [0, 0.05) is 37.2 Å². The second kappa shape index (κ2) is 10.8. The molecule has 28 heavy (non-hydrogen) atoms. The molecule has 1 saturated heterocycles. The standard InChI is InChI=1S/C20H27Cl2N5O/c21-16-5-3-4-15(12-16)13-23-10-11-27-18(22)14-26-19(20(27)28)25-9-7-17-6-1-2-8-24-17/h3-5,12,14,17,23-24H,1-2,6-11,13H2,(H,25,26). The molecule has 2 aromatic rings. The van der Waals surface area contributed by atoms with Crippen LogP contribution in [0, 0.1) is 0 Å². The topological polar surface area (TPSA) is 71.0 Å². The van der Waals surface area contributed by atoms with Crippen LogP contribution in [-0.4, -0.2) is 35.2 Å². The Morgan fingerprint density at radius 2 is 2.14 bits per heavy atom. The molecule has 0 bridgehead atoms. The van der Waals surface area contributed by atoms with Gasteiger partial charge in [-0.2, -0.15) is 0 Å². The number of nitrogens with one attached hydrogen (secondary N) is 3. The zero-order valence-corrected chi connectivity index (χ0v) is 17.4. The average molecular weight is 424 g/mol. The highest BCUT2D eigenvalue weighted by Gasteiger charge is 2.13. The minimum atomic E-state index is -0.186. The third-order valence-electron chi connectivity index (χ3n) is 4.93. The molecule has 6 nitrogen and oxygen atoms in total. The lowest BCUT2D eigenvalue weighted by molar-refractivity contribution is 0.388. The number of halogens is 2. The highest BCUT2D eigenvalue weighted by molar-refractivity contribution is 6.30. The third kappa shape index (κ3) is 6.21. The molecule has 1 aliphatic heterocycles. The Balaban J connectivity index is 1.49. The maximum absolute atomic E-state index is 12.7. The normalized spacial score (nSPS) is 16.9. The Kier molecular flexibility index (Phi) is 8.15. The number of hydrogen-bond acceptors (Lipinski definition) is 5. The summed E-state index contributed by atoms with van der Waals surface area (Å²) in [5.41, 5.74) is 0.910. The van der Waals surface area contributed by atoms with E-state index in [1.54, 1.807) is 4.57 Å². The lowest BCUT2D eigenvalue weighted by atomic mass is 10.0. The first kappa shape index (κ1) is 21.1. The van der Waals surface area contributed by atoms with Crippen molar-refractivity contribution in [2.45, 2.75) is 44.8 Å². The molecule has 0 amide bonds. The summed E-state index contributed by atoms with van der Waals surface area (Å²) in [7, 11) is 0. The Morgan fingerprint density at radius 3 is 2.93 bits per heavy atom. The molecular formula is C20H27Cl2N5O. The molecule has 2 heterocycles. The third-order valence-corrected chi connectivity index (χ3v) is 5.47. The average Bonchev–Trinajstić information content (AvgIpc) is 2.70. The summed E-state index contributed by atoms with van der Waals surface area (Å²) in [5.74, 6) is 0.357. The SMILES string of the molecule is O=c1c(NCCC2CCCCN2)ncc(Cl)n1CCNCc1cccc(Cl)c1. The van der Waals surface area contributed by atoms with Gasteiger partial charge >= 0.3 is 0 Å². The first-order valence-electron chi connectivity index (χ1n) is 9.81. The summed E-state index contributed by atoms with van der Waals surface area (Å²) < 4.78 is 1.54. The van der Waals surface area contributed by atoms with Crippen LogP contribution < -0.4 is 21.5 Å². The van der Waals surface area contributed by atoms with Crippen LogP contribution in [0.5, 0.6) is 0 Å². The minimum Gasteiger partial charge on any atom is -0.365 e. The van der Waals surface area contributed by atoms with Crippen LogP contribution in [0.1, 0.15) is 31.2 Å². The van der Waals surface area contributed by atoms with Crippen molar-refractivity contribution in [3.8, 4) is 0 Å². The second-order valence-corrected chi connectivity index (χ2v) is 7.88. The molecule has 3 N–H and O–H groups in total. The van der Waals surface area contributed by atoms with E-state index in [2.05, 4.69) is 20.9 Å². The highest BCUT2D eigenvalue weighted by atomic mass is 35.5. The molecule has 0 radical (unpaired) electrons. The molecule has 0 spiro atoms. The lowest BCUT2D eigenvalue weighted by Crippen LogP contribution is -2.36. The number of rotatable bonds is 9. The smallest absolute Gasteiger partial charge is 0.294 e. The van der Waals surface area contributed by atoms with Crippen molar-refractivity contribution in [3.63, 3.8) is 0 Å². The van der Waals surface area contributed by atoms with Crippen molar-refractivity contribution < 1.29 is 0 Å². The van der Waals surface area contributed by atoms with E-state index in [1.165, 1.54) is 25.5 Å². The minimum absolute atomic E-state index is 0.186. The summed E-state index contributed by atoms with van der Waals surface area (Å²) in [6.45, 7) is 3.56. The fourth-order valence-electron chi connectivity index (χ4n) is 3.40. The van der Waals surface area contributed by atoms with Gasteiger partial charge in [0.1, 0.15) is 5.15 Å². The Hall–Kier alpha value is -1.60. The van der Waals surface area contributed by atoms with Gasteiger partial charge in [-0.1, -0.05) is 41.8 Å². The van der Waals surface area contributed by atoms with Gasteiger partial charge in [-0.05, 0) is 43.5 Å². The molecule has 1 aromatic heterocycles. The van der Waals surface area contributed by atoms with Crippen molar-refractivity contribution in [2.75, 3.05) is 25.0 Å². The van der Waals surface area contributed by atoms with Crippen LogP contribution in [-0.2, 0) is 13.1 Å². The molecule has 8 heteroatoms. The maximum Gasteiger partial charge on any atom is 0.294 e. The van der Waals surface area contributed by atoms with Gasteiger partial charge in [-0.25, -0.2) is 4.98 Å². The van der Waals surface area contributed by atoms with Gasteiger partial charge in [-0.3, -0.25) is 9.36 Å². The van der Waals surface area contributed by atoms with Gasteiger partial charge in [0.15, 0.2) is 5.82 Å². The number of anilines is 1. The van der Waals surface area contributed by atoms with E-state index in [9.17, 15) is 4.79 Å². The molecule has 1 unspecified atom stereocenters. The van der Waals surface area contributed by atoms with Crippen molar-refractivity contribution in [1.29, 1.82) is 0 Å². The maximum atomic E-state index is 12.7. The van der Waals surface area contributed by atoms with Crippen LogP contribution in [0.15, 0.2) is 35.3 Å². The molecule has 0 saturated carbocycles. The Morgan fingerprint density at radius 1 is 1.25 bits per heavy atom. The number of hydrogen-bond donors (Lipinski definition) is 3. The van der Waals surface area contributed by atoms with Crippen molar-refractivity contribution >= 4 is 29.0 Å². The summed E-state index contributed by atoms with van der Waals surface area (Å²) in [4.78, 5) is 16.8. The van der Waals surface area contributed by atoms with E-state index >= 15 is 0 Å². The van der Waals surface area contributed by atoms with Crippen molar-refractivity contribution in [2.24, 2.45) is 0 Å². The van der Waals surface area contributed by atoms with E-state index in [0.29, 0.717) is 48.2 Å². The van der Waals surface area contributed by atoms with Crippen LogP contribution in [0.25, 0.3) is 0 Å². The zero-order chi connectivity index (χ0) is 19.8. The number of aromatic nitrogens is 2. The van der Waals surface area contributed by atoms with Crippen LogP contribution in [0.4, 0.5) is 5.82 Å². The van der Waals surface area contributed by atoms with Gasteiger partial charge in [-0.15, -0.1) is 0 Å². The summed E-state index contributed by atoms with van der Waals surface area (Å²) in [6.07, 6.45) is 6.22. The van der Waals surface area contributed by atoms with E-state index in [-0.39, 0.29) is 5.56 Å². The van der Waals surface area contributed by atoms with E-state index in [0.717, 1.165) is 18.5 Å². The molecule has 1 atom stereocenters. The second-order valence-electron chi connectivity index (χ2n) is 7.06. The Bertz CT molecular complexity index is 820. The Labute approximate surface area is 175 Å². The quantitative estimate of drug-likeness (QED) is 0.539. The molecule has 3 rings (SSSR count). The number of piperidine rings is 1. The fraction of sp³-hybridized carbons (Fsp3) is 0.500. The lowest BCUT2D eigenvalue weighted by Gasteiger charge is -2.23. The number of benzene rings is 1. The highest BCUT2D eigenvalue weighted by Crippen LogP contribution is 2.12. The molecular weight excluding hydrogens is 397 g/mol. The van der Waals surface area contributed by atoms with Gasteiger partial charge < -0.3 is 16.0 Å². The predicted octanol–water partition coefficient (Wildman–Crippen LogP) is 3.28. The summed E-state index contributed by atoms with van der Waals surface area (Å²) in [6, 6.07) is 8.22. The molecule has 1 aromatic carbocycles. The van der Waals surface area contributed by atoms with Gasteiger partial charge in [0.05, 0.1) is 6.20 Å². The summed E-state index contributed by atoms with van der Waals surface area (Å²) in [5, 5.41) is 11.1. The fourth-order valence-corrected chi connectivity index (χ4v) is 3.83. The first-order chi connectivity index (χ1) is 13.6. The molecule has 1 aliphatic rings. The van der Waals surface area contributed by atoms with Crippen LogP contribution in [0.3, 0.4) is 0 Å². The molecule has 1 fully saturated rings. The van der Waals surface area contributed by atoms with E-state index in [1.807, 2.05) is 24.3 Å². The monoisotopic (exact) mass is 423 g/mol. The van der Waals surface area contributed by atoms with Crippen LogP contribution in [0.2, 0.25) is 10.2 Å². The largest absolute Gasteiger partial charge is 0.365 e. The molecule has 0 aliphatic carbocycles. The van der Waals surface area contributed by atoms with E-state index in [4.69, 9.17) is 23.2 Å². The molecule has 152 valence electrons. The zero-order valence-electron chi connectivity index (χ0n) is 15.9. The summed E-state index contributed by atoms with van der Waals surface area (Å²) >= 11 is 12.2. The number of nitrogens with zero attached hydrogens (tertiary/aromatic N) is 2. The van der Waals surface area contributed by atoms with Crippen molar-refractivity contribution in [1.82, 2.24) is 20.2 Å². The van der Waals surface area contributed by atoms with Gasteiger partial charge in [0.2, 0.25) is 0 Å². The van der Waals surface area contributed by atoms with Crippen LogP contribution >= 0.6 is 23.2 Å². The van der Waals surface area contributed by atoms with E-state index < -0.39 is 0 Å². The van der Waals surface area contributed by atoms with Crippen molar-refractivity contribution in [3.05, 3.63) is 56.6 Å². The first-order valence-corrected chi connectivity index (χ1v) is 10.6. The predicted molar refractivity (Wildman–Crippen MR) is 115 cm³/mol.